The van der Waals surface area contributed by atoms with E-state index < -0.39 is 28.8 Å². The molecule has 0 unspecified atom stereocenters. The molecule has 1 aliphatic heterocycles. The number of carbonyl (C=O) groups excluding carboxylic acids is 2. The first-order valence-corrected chi connectivity index (χ1v) is 13.7. The molecular weight excluding hydrogens is 497 g/mol. The summed E-state index contributed by atoms with van der Waals surface area (Å²) in [5.74, 6) is -0.646. The number of benzene rings is 1. The number of sulfonamides is 1. The minimum absolute atomic E-state index is 0.00986. The minimum Gasteiger partial charge on any atom is -0.340 e. The van der Waals surface area contributed by atoms with Gasteiger partial charge in [0.05, 0.1) is 4.90 Å². The third-order valence-electron chi connectivity index (χ3n) is 6.93. The second-order valence-electron chi connectivity index (χ2n) is 9.83. The molecule has 8 nitrogen and oxygen atoms in total. The van der Waals surface area contributed by atoms with Gasteiger partial charge in [-0.05, 0) is 63.8 Å². The van der Waals surface area contributed by atoms with Gasteiger partial charge in [-0.3, -0.25) is 14.5 Å². The predicted molar refractivity (Wildman–Crippen MR) is 130 cm³/mol. The van der Waals surface area contributed by atoms with Crippen molar-refractivity contribution in [3.8, 4) is 0 Å². The summed E-state index contributed by atoms with van der Waals surface area (Å²) in [4.78, 5) is 28.1. The molecular formula is C24H35F3N4O4S. The van der Waals surface area contributed by atoms with Crippen LogP contribution in [0.1, 0.15) is 46.5 Å². The summed E-state index contributed by atoms with van der Waals surface area (Å²) in [7, 11) is -4.45. The number of nitrogens with one attached hydrogen (secondary N) is 1. The normalized spacial score (nSPS) is 22.2. The van der Waals surface area contributed by atoms with Crippen molar-refractivity contribution in [2.24, 2.45) is 5.92 Å². The molecule has 0 bridgehead atoms. The Morgan fingerprint density at radius 3 is 2.06 bits per heavy atom. The van der Waals surface area contributed by atoms with Gasteiger partial charge in [0.1, 0.15) is 6.54 Å². The Bertz CT molecular complexity index is 1010. The molecule has 36 heavy (non-hydrogen) atoms. The zero-order valence-electron chi connectivity index (χ0n) is 20.9. The van der Waals surface area contributed by atoms with E-state index in [1.54, 1.807) is 0 Å². The van der Waals surface area contributed by atoms with Crippen molar-refractivity contribution in [1.82, 2.24) is 14.1 Å². The number of hydrogen-bond acceptors (Lipinski definition) is 5. The summed E-state index contributed by atoms with van der Waals surface area (Å²) in [6, 6.07) is 4.61. The Hall–Kier alpha value is -2.18. The van der Waals surface area contributed by atoms with E-state index in [-0.39, 0.29) is 35.5 Å². The smallest absolute Gasteiger partial charge is 0.340 e. The Labute approximate surface area is 210 Å². The largest absolute Gasteiger partial charge is 0.402 e. The van der Waals surface area contributed by atoms with Crippen LogP contribution in [0.3, 0.4) is 0 Å². The lowest BCUT2D eigenvalue weighted by atomic mass is 9.85. The van der Waals surface area contributed by atoms with Crippen molar-refractivity contribution in [3.63, 3.8) is 0 Å². The molecule has 3 rings (SSSR count). The summed E-state index contributed by atoms with van der Waals surface area (Å²) in [5.41, 5.74) is 0.345. The van der Waals surface area contributed by atoms with Gasteiger partial charge in [0.2, 0.25) is 21.8 Å². The van der Waals surface area contributed by atoms with Gasteiger partial charge in [-0.15, -0.1) is 0 Å². The van der Waals surface area contributed by atoms with E-state index in [9.17, 15) is 31.2 Å². The fraction of sp³-hybridized carbons (Fsp3) is 0.667. The molecule has 202 valence electrons. The van der Waals surface area contributed by atoms with Crippen molar-refractivity contribution < 1.29 is 31.2 Å². The van der Waals surface area contributed by atoms with E-state index in [0.717, 1.165) is 13.1 Å². The van der Waals surface area contributed by atoms with Crippen LogP contribution in [-0.4, -0.2) is 85.3 Å². The lowest BCUT2D eigenvalue weighted by Crippen LogP contribution is -2.53. The Morgan fingerprint density at radius 2 is 1.58 bits per heavy atom. The number of hydrogen-bond donors (Lipinski definition) is 1. The lowest BCUT2D eigenvalue weighted by Gasteiger charge is -2.40. The lowest BCUT2D eigenvalue weighted by molar-refractivity contribution is -0.144. The topological polar surface area (TPSA) is 90.0 Å². The van der Waals surface area contributed by atoms with Gasteiger partial charge >= 0.3 is 6.18 Å². The molecule has 0 spiro atoms. The van der Waals surface area contributed by atoms with Crippen LogP contribution in [0.25, 0.3) is 0 Å². The number of piperazine rings is 1. The molecule has 2 amide bonds. The van der Waals surface area contributed by atoms with Crippen LogP contribution in [0, 0.1) is 5.92 Å². The SMILES string of the molecule is CC(=O)Nc1ccc(S(=O)(=O)N(CC(F)(F)F)[C@H]2CC[C@H](C(=O)N3CCN(C(C)C)CC3)CC2)cc1. The van der Waals surface area contributed by atoms with Crippen LogP contribution >= 0.6 is 0 Å². The molecule has 1 saturated heterocycles. The number of halogens is 3. The Balaban J connectivity index is 1.69. The first-order valence-electron chi connectivity index (χ1n) is 12.3. The maximum Gasteiger partial charge on any atom is 0.402 e. The second-order valence-corrected chi connectivity index (χ2v) is 11.7. The fourth-order valence-corrected chi connectivity index (χ4v) is 6.63. The Morgan fingerprint density at radius 1 is 1.03 bits per heavy atom. The summed E-state index contributed by atoms with van der Waals surface area (Å²) < 4.78 is 67.3. The van der Waals surface area contributed by atoms with E-state index in [1.807, 2.05) is 4.90 Å². The zero-order valence-corrected chi connectivity index (χ0v) is 21.7. The van der Waals surface area contributed by atoms with Gasteiger partial charge in [0, 0.05) is 56.8 Å². The van der Waals surface area contributed by atoms with Crippen molar-refractivity contribution in [3.05, 3.63) is 24.3 Å². The van der Waals surface area contributed by atoms with Gasteiger partial charge < -0.3 is 10.2 Å². The zero-order chi connectivity index (χ0) is 26.7. The molecule has 12 heteroatoms. The molecule has 1 aromatic carbocycles. The van der Waals surface area contributed by atoms with Gasteiger partial charge in [-0.1, -0.05) is 0 Å². The molecule has 0 radical (unpaired) electrons. The van der Waals surface area contributed by atoms with Crippen molar-refractivity contribution >= 4 is 27.5 Å². The summed E-state index contributed by atoms with van der Waals surface area (Å²) in [6.07, 6.45) is -3.66. The van der Waals surface area contributed by atoms with Gasteiger partial charge in [0.15, 0.2) is 0 Å². The molecule has 1 saturated carbocycles. The summed E-state index contributed by atoms with van der Waals surface area (Å²) >= 11 is 0. The number of carbonyl (C=O) groups is 2. The molecule has 1 heterocycles. The van der Waals surface area contributed by atoms with E-state index >= 15 is 0 Å². The first kappa shape index (κ1) is 28.4. The maximum absolute atomic E-state index is 13.4. The van der Waals surface area contributed by atoms with Gasteiger partial charge in [-0.25, -0.2) is 8.42 Å². The second kappa shape index (κ2) is 11.5. The highest BCUT2D eigenvalue weighted by molar-refractivity contribution is 7.89. The Kier molecular flexibility index (Phi) is 9.05. The molecule has 0 atom stereocenters. The van der Waals surface area contributed by atoms with Gasteiger partial charge in [0.25, 0.3) is 0 Å². The van der Waals surface area contributed by atoms with Crippen LogP contribution in [0.5, 0.6) is 0 Å². The molecule has 0 aromatic heterocycles. The molecule has 1 aromatic rings. The van der Waals surface area contributed by atoms with E-state index in [2.05, 4.69) is 24.1 Å². The third-order valence-corrected chi connectivity index (χ3v) is 8.84. The number of alkyl halides is 3. The molecule has 1 N–H and O–H groups in total. The first-order chi connectivity index (χ1) is 16.8. The molecule has 2 fully saturated rings. The fourth-order valence-electron chi connectivity index (χ4n) is 4.96. The van der Waals surface area contributed by atoms with Crippen LogP contribution in [0.2, 0.25) is 0 Å². The van der Waals surface area contributed by atoms with Crippen LogP contribution in [-0.2, 0) is 19.6 Å². The van der Waals surface area contributed by atoms with Crippen LogP contribution < -0.4 is 5.32 Å². The minimum atomic E-state index is -4.72. The van der Waals surface area contributed by atoms with E-state index in [4.69, 9.17) is 0 Å². The third kappa shape index (κ3) is 7.19. The van der Waals surface area contributed by atoms with Crippen LogP contribution in [0.4, 0.5) is 18.9 Å². The van der Waals surface area contributed by atoms with Crippen molar-refractivity contribution in [2.75, 3.05) is 38.0 Å². The average molecular weight is 533 g/mol. The number of rotatable bonds is 7. The number of nitrogens with zero attached hydrogens (tertiary/aromatic N) is 3. The monoisotopic (exact) mass is 532 g/mol. The van der Waals surface area contributed by atoms with Crippen LogP contribution in [0.15, 0.2) is 29.2 Å². The average Bonchev–Trinajstić information content (AvgIpc) is 2.81. The predicted octanol–water partition coefficient (Wildman–Crippen LogP) is 3.31. The number of anilines is 1. The number of amides is 2. The maximum atomic E-state index is 13.4. The molecule has 2 aliphatic rings. The summed E-state index contributed by atoms with van der Waals surface area (Å²) in [5, 5.41) is 2.50. The van der Waals surface area contributed by atoms with Crippen molar-refractivity contribution in [2.45, 2.75) is 69.6 Å². The molecule has 1 aliphatic carbocycles. The van der Waals surface area contributed by atoms with Gasteiger partial charge in [-0.2, -0.15) is 17.5 Å². The highest BCUT2D eigenvalue weighted by Crippen LogP contribution is 2.34. The van der Waals surface area contributed by atoms with Crippen molar-refractivity contribution in [1.29, 1.82) is 0 Å². The highest BCUT2D eigenvalue weighted by Gasteiger charge is 2.43. The summed E-state index contributed by atoms with van der Waals surface area (Å²) in [6.45, 7) is 6.74. The highest BCUT2D eigenvalue weighted by atomic mass is 32.2. The van der Waals surface area contributed by atoms with E-state index in [0.29, 0.717) is 42.0 Å². The standard InChI is InChI=1S/C24H35F3N4O4S/c1-17(2)29-12-14-30(15-13-29)23(33)19-4-8-21(9-5-19)31(16-24(25,26)27)36(34,35)22-10-6-20(7-11-22)28-18(3)32/h6-7,10-11,17,19,21H,4-5,8-9,12-16H2,1-3H3,(H,28,32)/t19-,21-. The van der Waals surface area contributed by atoms with E-state index in [1.165, 1.54) is 31.2 Å². The quantitative estimate of drug-likeness (QED) is 0.582.